The Hall–Kier alpha value is -2.75. The molecule has 0 radical (unpaired) electrons. The molecule has 4 aliphatic carbocycles. The number of aliphatic hydroxyl groups excluding tert-OH is 1. The van der Waals surface area contributed by atoms with Gasteiger partial charge in [0.25, 0.3) is 5.09 Å². The average molecular weight is 506 g/mol. The fourth-order valence-electron chi connectivity index (χ4n) is 7.63. The summed E-state index contributed by atoms with van der Waals surface area (Å²) in [7, 11) is 0. The summed E-state index contributed by atoms with van der Waals surface area (Å²) in [6.45, 7) is 3.77. The van der Waals surface area contributed by atoms with Crippen molar-refractivity contribution in [2.24, 2.45) is 34.5 Å². The van der Waals surface area contributed by atoms with E-state index in [1.165, 1.54) is 0 Å². The van der Waals surface area contributed by atoms with Crippen LogP contribution in [0.2, 0.25) is 0 Å². The van der Waals surface area contributed by atoms with Crippen LogP contribution in [0.3, 0.4) is 0 Å². The minimum absolute atomic E-state index is 0.00460. The minimum Gasteiger partial charge on any atom is -0.434 e. The van der Waals surface area contributed by atoms with E-state index in [0.29, 0.717) is 25.7 Å². The van der Waals surface area contributed by atoms with Crippen molar-refractivity contribution in [2.75, 3.05) is 19.8 Å². The molecule has 0 bridgehead atoms. The zero-order valence-corrected chi connectivity index (χ0v) is 20.9. The number of ketones is 2. The predicted octanol–water partition coefficient (Wildman–Crippen LogP) is 3.59. The van der Waals surface area contributed by atoms with Crippen LogP contribution >= 0.6 is 0 Å². The van der Waals surface area contributed by atoms with E-state index in [0.717, 1.165) is 24.8 Å². The molecule has 1 N–H and O–H groups in total. The van der Waals surface area contributed by atoms with Gasteiger partial charge in [0.05, 0.1) is 19.3 Å². The van der Waals surface area contributed by atoms with Crippen LogP contribution in [-0.2, 0) is 23.9 Å². The average Bonchev–Trinajstić information content (AvgIpc) is 3.16. The summed E-state index contributed by atoms with van der Waals surface area (Å²) in [5.41, 5.74) is 0.372. The summed E-state index contributed by atoms with van der Waals surface area (Å²) in [6.07, 6.45) is 8.28. The van der Waals surface area contributed by atoms with Crippen molar-refractivity contribution < 1.29 is 38.9 Å². The number of fused-ring (bicyclic) bond motifs is 5. The van der Waals surface area contributed by atoms with Crippen molar-refractivity contribution in [1.29, 1.82) is 0 Å². The first kappa shape index (κ1) is 26.3. The smallest absolute Gasteiger partial charge is 0.434 e. The van der Waals surface area contributed by atoms with E-state index in [9.17, 15) is 29.6 Å². The molecule has 0 spiro atoms. The van der Waals surface area contributed by atoms with Gasteiger partial charge in [-0.15, -0.1) is 10.1 Å². The Balaban J connectivity index is 1.33. The van der Waals surface area contributed by atoms with Crippen molar-refractivity contribution >= 4 is 17.7 Å². The summed E-state index contributed by atoms with van der Waals surface area (Å²) in [5, 5.41) is 20.6. The molecule has 7 atom stereocenters. The van der Waals surface area contributed by atoms with Gasteiger partial charge < -0.3 is 19.4 Å². The Bertz CT molecular complexity index is 974. The lowest BCUT2D eigenvalue weighted by Gasteiger charge is -2.58. The minimum atomic E-state index is -0.944. The lowest BCUT2D eigenvalue weighted by atomic mass is 9.46. The first-order chi connectivity index (χ1) is 17.1. The van der Waals surface area contributed by atoms with E-state index in [1.807, 2.05) is 6.08 Å². The van der Waals surface area contributed by atoms with Gasteiger partial charge in [0.15, 0.2) is 18.2 Å². The molecule has 198 valence electrons. The highest BCUT2D eigenvalue weighted by Crippen LogP contribution is 2.66. The highest BCUT2D eigenvalue weighted by molar-refractivity contribution is 6.01. The number of rotatable bonds is 9. The number of aliphatic hydroxyl groups is 1. The van der Waals surface area contributed by atoms with Crippen LogP contribution in [0.15, 0.2) is 23.8 Å². The lowest BCUT2D eigenvalue weighted by molar-refractivity contribution is -0.757. The molecule has 10 nitrogen and oxygen atoms in total. The molecule has 10 heteroatoms. The Labute approximate surface area is 210 Å². The van der Waals surface area contributed by atoms with Gasteiger partial charge in [-0.05, 0) is 74.3 Å². The maximum Gasteiger partial charge on any atom is 0.508 e. The number of hydrogen-bond donors (Lipinski definition) is 1. The van der Waals surface area contributed by atoms with Gasteiger partial charge in [0.1, 0.15) is 0 Å². The third-order valence-corrected chi connectivity index (χ3v) is 9.17. The van der Waals surface area contributed by atoms with Crippen molar-refractivity contribution in [2.45, 2.75) is 64.9 Å². The Morgan fingerprint density at radius 1 is 1.17 bits per heavy atom. The van der Waals surface area contributed by atoms with Crippen LogP contribution in [-0.4, -0.2) is 53.8 Å². The molecular formula is C26H35NO9. The molecular weight excluding hydrogens is 470 g/mol. The highest BCUT2D eigenvalue weighted by atomic mass is 16.9. The van der Waals surface area contributed by atoms with Gasteiger partial charge in [0.2, 0.25) is 0 Å². The first-order valence-corrected chi connectivity index (χ1v) is 12.8. The van der Waals surface area contributed by atoms with Gasteiger partial charge >= 0.3 is 6.16 Å². The fourth-order valence-corrected chi connectivity index (χ4v) is 7.63. The van der Waals surface area contributed by atoms with E-state index in [-0.39, 0.29) is 65.9 Å². The van der Waals surface area contributed by atoms with E-state index in [1.54, 1.807) is 12.2 Å². The normalized spacial score (nSPS) is 36.7. The van der Waals surface area contributed by atoms with Crippen LogP contribution in [0.5, 0.6) is 0 Å². The van der Waals surface area contributed by atoms with Crippen LogP contribution in [0.25, 0.3) is 0 Å². The largest absolute Gasteiger partial charge is 0.508 e. The number of unbranched alkanes of at least 4 members (excludes halogenated alkanes) is 1. The van der Waals surface area contributed by atoms with E-state index < -0.39 is 17.3 Å². The fraction of sp³-hybridized carbons (Fsp3) is 0.731. The summed E-state index contributed by atoms with van der Waals surface area (Å²) < 4.78 is 9.99. The molecule has 3 saturated carbocycles. The van der Waals surface area contributed by atoms with E-state index >= 15 is 0 Å². The number of nitrogens with zero attached hydrogens (tertiary/aromatic N) is 1. The second-order valence-electron chi connectivity index (χ2n) is 11.0. The zero-order chi connectivity index (χ0) is 26.1. The third kappa shape index (κ3) is 4.92. The molecule has 0 saturated heterocycles. The Morgan fingerprint density at radius 2 is 1.92 bits per heavy atom. The quantitative estimate of drug-likeness (QED) is 0.215. The molecule has 4 rings (SSSR count). The number of ether oxygens (including phenoxy) is 2. The molecule has 0 aromatic rings. The van der Waals surface area contributed by atoms with Crippen LogP contribution in [0.4, 0.5) is 4.79 Å². The van der Waals surface area contributed by atoms with Gasteiger partial charge in [0, 0.05) is 17.3 Å². The molecule has 7 unspecified atom stereocenters. The van der Waals surface area contributed by atoms with E-state index in [4.69, 9.17) is 9.47 Å². The van der Waals surface area contributed by atoms with Gasteiger partial charge in [-0.1, -0.05) is 25.5 Å². The summed E-state index contributed by atoms with van der Waals surface area (Å²) in [6, 6.07) is 0. The monoisotopic (exact) mass is 505 g/mol. The van der Waals surface area contributed by atoms with Crippen LogP contribution < -0.4 is 0 Å². The van der Waals surface area contributed by atoms with Gasteiger partial charge in [-0.25, -0.2) is 4.79 Å². The number of allylic oxidation sites excluding steroid dienone is 4. The van der Waals surface area contributed by atoms with Crippen molar-refractivity contribution in [3.05, 3.63) is 33.9 Å². The molecule has 4 aliphatic rings. The highest BCUT2D eigenvalue weighted by Gasteiger charge is 2.62. The molecule has 0 aromatic carbocycles. The SMILES string of the molecule is CC12C=CC(=O)C=C1CCC1C2C(O)CC2(C)C(C(=O)COC(=O)OCCCCO[N+](=O)[O-])CCC12. The molecule has 3 fully saturated rings. The van der Waals surface area contributed by atoms with Gasteiger partial charge in [-0.3, -0.25) is 9.59 Å². The molecule has 0 aromatic heterocycles. The van der Waals surface area contributed by atoms with Crippen molar-refractivity contribution in [3.63, 3.8) is 0 Å². The number of carbonyl (C=O) groups is 3. The Kier molecular flexibility index (Phi) is 7.54. The van der Waals surface area contributed by atoms with Crippen molar-refractivity contribution in [1.82, 2.24) is 0 Å². The Morgan fingerprint density at radius 3 is 2.67 bits per heavy atom. The maximum absolute atomic E-state index is 13.1. The summed E-state index contributed by atoms with van der Waals surface area (Å²) in [5.74, 6) is 0.0752. The predicted molar refractivity (Wildman–Crippen MR) is 126 cm³/mol. The number of carbonyl (C=O) groups excluding carboxylic acids is 3. The molecule has 0 aliphatic heterocycles. The first-order valence-electron chi connectivity index (χ1n) is 12.8. The standard InChI is InChI=1S/C26H35NO9/c1-25-10-9-17(28)13-16(25)5-6-18-19-7-8-20(26(19,2)14-21(29)23(18)25)22(30)15-35-24(31)34-11-3-4-12-36-27(32)33/h9-10,13,18-21,23,29H,3-8,11-12,14-15H2,1-2H3. The molecule has 36 heavy (non-hydrogen) atoms. The van der Waals surface area contributed by atoms with Crippen molar-refractivity contribution in [3.8, 4) is 0 Å². The topological polar surface area (TPSA) is 142 Å². The lowest BCUT2D eigenvalue weighted by Crippen LogP contribution is -2.56. The number of Topliss-reactive ketones (excluding diaryl/α,β-unsaturated/α-hetero) is 1. The molecule has 0 heterocycles. The number of hydrogen-bond acceptors (Lipinski definition) is 9. The maximum atomic E-state index is 13.1. The third-order valence-electron chi connectivity index (χ3n) is 9.17. The zero-order valence-electron chi connectivity index (χ0n) is 20.9. The summed E-state index contributed by atoms with van der Waals surface area (Å²) in [4.78, 5) is 51.2. The second kappa shape index (κ2) is 10.3. The second-order valence-corrected chi connectivity index (χ2v) is 11.0. The van der Waals surface area contributed by atoms with Gasteiger partial charge in [-0.2, -0.15) is 0 Å². The summed E-state index contributed by atoms with van der Waals surface area (Å²) >= 11 is 0. The molecule has 0 amide bonds. The van der Waals surface area contributed by atoms with E-state index in [2.05, 4.69) is 18.7 Å². The van der Waals surface area contributed by atoms with Crippen LogP contribution in [0, 0.1) is 44.6 Å². The van der Waals surface area contributed by atoms with Crippen LogP contribution in [0.1, 0.15) is 58.8 Å².